The minimum atomic E-state index is -0.832. The molecule has 24 heavy (non-hydrogen) atoms. The molecule has 0 bridgehead atoms. The van der Waals surface area contributed by atoms with Crippen LogP contribution in [0.1, 0.15) is 39.5 Å². The topological polar surface area (TPSA) is 102 Å². The van der Waals surface area contributed by atoms with Crippen LogP contribution in [0.25, 0.3) is 0 Å². The van der Waals surface area contributed by atoms with Crippen molar-refractivity contribution >= 4 is 18.0 Å². The van der Waals surface area contributed by atoms with Gasteiger partial charge in [-0.05, 0) is 51.4 Å². The Hall–Kier alpha value is -1.79. The molecule has 0 aromatic rings. The summed E-state index contributed by atoms with van der Waals surface area (Å²) in [6, 6.07) is -0.0221. The van der Waals surface area contributed by atoms with Crippen LogP contribution in [0.2, 0.25) is 0 Å². The third kappa shape index (κ3) is 2.96. The highest BCUT2D eigenvalue weighted by atomic mass is 16.6. The fraction of sp³-hybridized carbons (Fsp3) is 0.824. The molecule has 2 aliphatic carbocycles. The lowest BCUT2D eigenvalue weighted by molar-refractivity contribution is -0.153. The molecular formula is C17H25NO6. The maximum Gasteiger partial charge on any atom is 0.407 e. The van der Waals surface area contributed by atoms with Gasteiger partial charge in [0.1, 0.15) is 6.10 Å². The van der Waals surface area contributed by atoms with Gasteiger partial charge in [0.05, 0.1) is 18.4 Å². The van der Waals surface area contributed by atoms with Crippen LogP contribution in [0.3, 0.4) is 0 Å². The number of alkyl carbamates (subject to hydrolysis) is 1. The van der Waals surface area contributed by atoms with Crippen LogP contribution in [0.4, 0.5) is 4.79 Å². The SMILES string of the molecule is CCOC(=O)N[C@@H]1CC[C@@H]2[C@@H](C1)C[C@H]1C(=O)O[C@H](C)[C@H]1[C@H]2C(=O)O. The van der Waals surface area contributed by atoms with Crippen LogP contribution >= 0.6 is 0 Å². The van der Waals surface area contributed by atoms with Crippen molar-refractivity contribution < 1.29 is 29.0 Å². The Labute approximate surface area is 141 Å². The summed E-state index contributed by atoms with van der Waals surface area (Å²) in [5.74, 6) is -2.04. The molecule has 2 N–H and O–H groups in total. The molecule has 7 atom stereocenters. The normalized spacial score (nSPS) is 40.9. The van der Waals surface area contributed by atoms with Crippen molar-refractivity contribution in [3.05, 3.63) is 0 Å². The molecular weight excluding hydrogens is 314 g/mol. The Kier molecular flexibility index (Phi) is 4.69. The number of hydrogen-bond acceptors (Lipinski definition) is 5. The van der Waals surface area contributed by atoms with Gasteiger partial charge in [-0.25, -0.2) is 4.79 Å². The Bertz CT molecular complexity index is 535. The van der Waals surface area contributed by atoms with Crippen molar-refractivity contribution in [2.75, 3.05) is 6.61 Å². The van der Waals surface area contributed by atoms with E-state index in [0.29, 0.717) is 19.4 Å². The summed E-state index contributed by atoms with van der Waals surface area (Å²) < 4.78 is 10.2. The van der Waals surface area contributed by atoms with Gasteiger partial charge in [-0.2, -0.15) is 0 Å². The van der Waals surface area contributed by atoms with Gasteiger partial charge in [-0.3, -0.25) is 9.59 Å². The molecule has 2 saturated carbocycles. The first-order valence-electron chi connectivity index (χ1n) is 8.79. The predicted octanol–water partition coefficient (Wildman–Crippen LogP) is 1.80. The third-order valence-electron chi connectivity index (χ3n) is 5.97. The number of amides is 1. The first kappa shape index (κ1) is 17.0. The Morgan fingerprint density at radius 2 is 2.08 bits per heavy atom. The lowest BCUT2D eigenvalue weighted by Crippen LogP contribution is -2.51. The number of rotatable bonds is 3. The van der Waals surface area contributed by atoms with Gasteiger partial charge < -0.3 is 19.9 Å². The first-order chi connectivity index (χ1) is 11.4. The van der Waals surface area contributed by atoms with Gasteiger partial charge >= 0.3 is 18.0 Å². The highest BCUT2D eigenvalue weighted by molar-refractivity contribution is 5.79. The number of carboxylic acids is 1. The van der Waals surface area contributed by atoms with Crippen LogP contribution in [0.5, 0.6) is 0 Å². The van der Waals surface area contributed by atoms with E-state index in [1.54, 1.807) is 13.8 Å². The van der Waals surface area contributed by atoms with Crippen molar-refractivity contribution in [2.45, 2.75) is 51.7 Å². The zero-order chi connectivity index (χ0) is 17.4. The summed E-state index contributed by atoms with van der Waals surface area (Å²) in [6.45, 7) is 3.87. The van der Waals surface area contributed by atoms with Gasteiger partial charge in [-0.15, -0.1) is 0 Å². The highest BCUT2D eigenvalue weighted by Gasteiger charge is 2.57. The average molecular weight is 339 g/mol. The fourth-order valence-electron chi connectivity index (χ4n) is 5.09. The second-order valence-electron chi connectivity index (χ2n) is 7.22. The predicted molar refractivity (Wildman–Crippen MR) is 83.1 cm³/mol. The van der Waals surface area contributed by atoms with Gasteiger partial charge in [0.25, 0.3) is 0 Å². The Morgan fingerprint density at radius 1 is 1.33 bits per heavy atom. The molecule has 1 amide bonds. The lowest BCUT2D eigenvalue weighted by atomic mass is 9.57. The van der Waals surface area contributed by atoms with Crippen molar-refractivity contribution in [3.8, 4) is 0 Å². The number of fused-ring (bicyclic) bond motifs is 2. The summed E-state index contributed by atoms with van der Waals surface area (Å²) in [6.07, 6.45) is 2.06. The van der Waals surface area contributed by atoms with Crippen molar-refractivity contribution in [2.24, 2.45) is 29.6 Å². The number of cyclic esters (lactones) is 1. The number of carboxylic acid groups (broad SMARTS) is 1. The number of hydrogen-bond donors (Lipinski definition) is 2. The minimum Gasteiger partial charge on any atom is -0.481 e. The van der Waals surface area contributed by atoms with E-state index in [9.17, 15) is 19.5 Å². The number of carbonyl (C=O) groups excluding carboxylic acids is 2. The molecule has 1 aliphatic heterocycles. The maximum absolute atomic E-state index is 12.1. The summed E-state index contributed by atoms with van der Waals surface area (Å²) in [5.41, 5.74) is 0. The summed E-state index contributed by atoms with van der Waals surface area (Å²) >= 11 is 0. The Balaban J connectivity index is 1.74. The highest BCUT2D eigenvalue weighted by Crippen LogP contribution is 2.53. The van der Waals surface area contributed by atoms with Crippen LogP contribution in [0.15, 0.2) is 0 Å². The van der Waals surface area contributed by atoms with E-state index in [1.165, 1.54) is 0 Å². The molecule has 134 valence electrons. The van der Waals surface area contributed by atoms with E-state index in [2.05, 4.69) is 5.32 Å². The summed E-state index contributed by atoms with van der Waals surface area (Å²) in [5, 5.41) is 12.6. The molecule has 1 heterocycles. The van der Waals surface area contributed by atoms with E-state index < -0.39 is 18.0 Å². The van der Waals surface area contributed by atoms with Crippen LogP contribution < -0.4 is 5.32 Å². The zero-order valence-electron chi connectivity index (χ0n) is 14.1. The summed E-state index contributed by atoms with van der Waals surface area (Å²) in [4.78, 5) is 35.6. The molecule has 0 unspecified atom stereocenters. The monoisotopic (exact) mass is 339 g/mol. The second-order valence-corrected chi connectivity index (χ2v) is 7.22. The molecule has 0 spiro atoms. The molecule has 7 nitrogen and oxygen atoms in total. The number of ether oxygens (including phenoxy) is 2. The largest absolute Gasteiger partial charge is 0.481 e. The fourth-order valence-corrected chi connectivity index (χ4v) is 5.09. The first-order valence-corrected chi connectivity index (χ1v) is 8.79. The molecule has 3 aliphatic rings. The van der Waals surface area contributed by atoms with Gasteiger partial charge in [0.15, 0.2) is 0 Å². The lowest BCUT2D eigenvalue weighted by Gasteiger charge is -2.46. The molecule has 7 heteroatoms. The molecule has 0 radical (unpaired) electrons. The van der Waals surface area contributed by atoms with Crippen LogP contribution in [-0.2, 0) is 19.1 Å². The van der Waals surface area contributed by atoms with E-state index in [4.69, 9.17) is 9.47 Å². The van der Waals surface area contributed by atoms with Crippen LogP contribution in [0, 0.1) is 29.6 Å². The Morgan fingerprint density at radius 3 is 2.75 bits per heavy atom. The zero-order valence-corrected chi connectivity index (χ0v) is 14.1. The van der Waals surface area contributed by atoms with E-state index in [-0.39, 0.29) is 41.8 Å². The number of nitrogens with one attached hydrogen (secondary N) is 1. The molecule has 1 saturated heterocycles. The van der Waals surface area contributed by atoms with E-state index >= 15 is 0 Å². The standard InChI is InChI=1S/C17H25NO6/c1-3-23-17(22)18-10-4-5-11-9(6-10)7-12-13(14(11)15(19)20)8(2)24-16(12)21/h8-14H,3-7H2,1-2H3,(H,18,22)(H,19,20)/t8-,9+,10-,11-,12-,13-,14+/m1/s1. The minimum absolute atomic E-state index is 0.0221. The molecule has 0 aromatic carbocycles. The van der Waals surface area contributed by atoms with Crippen LogP contribution in [-0.4, -0.2) is 41.9 Å². The van der Waals surface area contributed by atoms with Crippen molar-refractivity contribution in [1.29, 1.82) is 0 Å². The summed E-state index contributed by atoms with van der Waals surface area (Å²) in [7, 11) is 0. The smallest absolute Gasteiger partial charge is 0.407 e. The number of esters is 1. The van der Waals surface area contributed by atoms with E-state index in [0.717, 1.165) is 12.8 Å². The molecule has 3 rings (SSSR count). The average Bonchev–Trinajstić information content (AvgIpc) is 2.79. The van der Waals surface area contributed by atoms with Crippen molar-refractivity contribution in [1.82, 2.24) is 5.32 Å². The van der Waals surface area contributed by atoms with E-state index in [1.807, 2.05) is 0 Å². The van der Waals surface area contributed by atoms with Gasteiger partial charge in [0, 0.05) is 12.0 Å². The second kappa shape index (κ2) is 6.61. The maximum atomic E-state index is 12.1. The van der Waals surface area contributed by atoms with Gasteiger partial charge in [-0.1, -0.05) is 0 Å². The number of aliphatic carboxylic acids is 1. The molecule has 3 fully saturated rings. The van der Waals surface area contributed by atoms with Crippen molar-refractivity contribution in [3.63, 3.8) is 0 Å². The molecule has 0 aromatic heterocycles. The van der Waals surface area contributed by atoms with Gasteiger partial charge in [0.2, 0.25) is 0 Å². The number of carbonyl (C=O) groups is 3. The quantitative estimate of drug-likeness (QED) is 0.760. The third-order valence-corrected chi connectivity index (χ3v) is 5.97.